The van der Waals surface area contributed by atoms with E-state index in [0.29, 0.717) is 0 Å². The van der Waals surface area contributed by atoms with E-state index < -0.39 is 18.4 Å². The van der Waals surface area contributed by atoms with Gasteiger partial charge in [-0.1, -0.05) is 0 Å². The Balaban J connectivity index is 1.94. The van der Waals surface area contributed by atoms with Crippen molar-refractivity contribution >= 4 is 33.1 Å². The van der Waals surface area contributed by atoms with E-state index >= 15 is 0 Å². The Hall–Kier alpha value is -0.621. The number of nitrogens with zero attached hydrogens (tertiary/aromatic N) is 3. The van der Waals surface area contributed by atoms with Crippen LogP contribution in [0.5, 0.6) is 0 Å². The summed E-state index contributed by atoms with van der Waals surface area (Å²) in [5, 5.41) is 4.68. The third-order valence-corrected chi connectivity index (χ3v) is 21.6. The second-order valence-electron chi connectivity index (χ2n) is 8.60. The number of rotatable bonds is 11. The molecule has 4 nitrogen and oxygen atoms in total. The van der Waals surface area contributed by atoms with Crippen molar-refractivity contribution in [3.8, 4) is 0 Å². The molecule has 156 valence electrons. The average molecular weight is 492 g/mol. The molecule has 1 unspecified atom stereocenters. The summed E-state index contributed by atoms with van der Waals surface area (Å²) >= 11 is -2.47. The minimum atomic E-state index is -2.47. The molecule has 1 fully saturated rings. The van der Waals surface area contributed by atoms with Crippen molar-refractivity contribution in [2.24, 2.45) is 0 Å². The summed E-state index contributed by atoms with van der Waals surface area (Å²) in [5.41, 5.74) is 2.23. The van der Waals surface area contributed by atoms with E-state index in [1.807, 2.05) is 6.20 Å². The first-order valence-corrected chi connectivity index (χ1v) is 19.2. The van der Waals surface area contributed by atoms with Gasteiger partial charge in [0.05, 0.1) is 0 Å². The fraction of sp³-hybridized carbons (Fsp3) is 0.739. The number of fused-ring (bicyclic) bond motifs is 1. The van der Waals surface area contributed by atoms with E-state index in [0.717, 1.165) is 24.1 Å². The molecule has 0 amide bonds. The van der Waals surface area contributed by atoms with E-state index in [1.165, 1.54) is 68.4 Å². The van der Waals surface area contributed by atoms with Crippen LogP contribution < -0.4 is 3.71 Å². The van der Waals surface area contributed by atoms with Crippen LogP contribution in [0.2, 0.25) is 13.3 Å². The van der Waals surface area contributed by atoms with Gasteiger partial charge in [-0.3, -0.25) is 0 Å². The van der Waals surface area contributed by atoms with Gasteiger partial charge in [-0.2, -0.15) is 0 Å². The van der Waals surface area contributed by atoms with Gasteiger partial charge in [-0.15, -0.1) is 0 Å². The molecular weight excluding hydrogens is 453 g/mol. The van der Waals surface area contributed by atoms with Gasteiger partial charge < -0.3 is 0 Å². The quantitative estimate of drug-likeness (QED) is 0.352. The average Bonchev–Trinajstić information content (AvgIpc) is 3.17. The molecule has 0 spiro atoms. The topological polar surface area (TPSA) is 39.9 Å². The molecule has 5 heteroatoms. The molecule has 0 aliphatic carbocycles. The zero-order valence-corrected chi connectivity index (χ0v) is 21.1. The molecule has 1 aliphatic heterocycles. The molecule has 2 aromatic heterocycles. The van der Waals surface area contributed by atoms with Crippen LogP contribution in [0.15, 0.2) is 18.3 Å². The Morgan fingerprint density at radius 2 is 1.68 bits per heavy atom. The van der Waals surface area contributed by atoms with E-state index in [4.69, 9.17) is 9.72 Å². The molecule has 0 N–H and O–H groups in total. The maximum atomic E-state index is 5.97. The molecule has 2 aromatic rings. The standard InChI is InChI=1S/C11H12N3O.3C4H9.Sn/c1-2-7-15-11(5-1)14-10-4-3-6-12-9(10)8-13-14;3*1-3-4-2;/h3-4,8,11H,1-2,5,7H2;3*1,3-4H2,2H3;. The summed E-state index contributed by atoms with van der Waals surface area (Å²) in [6.07, 6.45) is 13.5. The van der Waals surface area contributed by atoms with E-state index in [1.54, 1.807) is 0 Å². The monoisotopic (exact) mass is 493 g/mol. The number of hydrogen-bond acceptors (Lipinski definition) is 3. The number of ether oxygens (including phenoxy) is 1. The summed E-state index contributed by atoms with van der Waals surface area (Å²) in [6.45, 7) is 7.85. The zero-order valence-electron chi connectivity index (χ0n) is 18.3. The molecule has 0 radical (unpaired) electrons. The van der Waals surface area contributed by atoms with E-state index in [9.17, 15) is 0 Å². The van der Waals surface area contributed by atoms with Crippen molar-refractivity contribution in [2.75, 3.05) is 6.61 Å². The van der Waals surface area contributed by atoms with Crippen LogP contribution >= 0.6 is 0 Å². The number of unbranched alkanes of at least 4 members (excludes halogenated alkanes) is 3. The van der Waals surface area contributed by atoms with Gasteiger partial charge in [-0.25, -0.2) is 0 Å². The molecule has 1 atom stereocenters. The number of hydrogen-bond donors (Lipinski definition) is 0. The third-order valence-electron chi connectivity index (χ3n) is 6.45. The summed E-state index contributed by atoms with van der Waals surface area (Å²) in [5.74, 6) is 0. The predicted octanol–water partition coefficient (Wildman–Crippen LogP) is 6.19. The van der Waals surface area contributed by atoms with Gasteiger partial charge in [0.1, 0.15) is 0 Å². The Morgan fingerprint density at radius 1 is 1.00 bits per heavy atom. The van der Waals surface area contributed by atoms with Crippen molar-refractivity contribution in [2.45, 2.75) is 98.1 Å². The Bertz CT molecular complexity index is 702. The summed E-state index contributed by atoms with van der Waals surface area (Å²) in [6, 6.07) is 4.69. The van der Waals surface area contributed by atoms with Crippen molar-refractivity contribution in [3.63, 3.8) is 0 Å². The van der Waals surface area contributed by atoms with Gasteiger partial charge >= 0.3 is 176 Å². The number of pyridine rings is 1. The second-order valence-corrected chi connectivity index (χ2v) is 21.7. The maximum absolute atomic E-state index is 5.97. The molecule has 0 saturated carbocycles. The molecule has 3 rings (SSSR count). The molecule has 0 aromatic carbocycles. The second kappa shape index (κ2) is 11.0. The number of aromatic nitrogens is 3. The Labute approximate surface area is 175 Å². The van der Waals surface area contributed by atoms with Crippen molar-refractivity contribution in [1.82, 2.24) is 14.8 Å². The van der Waals surface area contributed by atoms with Gasteiger partial charge in [0.15, 0.2) is 0 Å². The SMILES string of the molecule is CCC[CH2][Sn]([CH2]CCC)([CH2]CCC)[c]1ccc2c(cnn2C2CCCCO2)n1. The third kappa shape index (κ3) is 5.10. The van der Waals surface area contributed by atoms with Crippen molar-refractivity contribution < 1.29 is 4.74 Å². The Morgan fingerprint density at radius 3 is 2.25 bits per heavy atom. The van der Waals surface area contributed by atoms with Crippen LogP contribution in [0.3, 0.4) is 0 Å². The van der Waals surface area contributed by atoms with Crippen molar-refractivity contribution in [1.29, 1.82) is 0 Å². The first-order chi connectivity index (χ1) is 13.7. The van der Waals surface area contributed by atoms with Crippen molar-refractivity contribution in [3.05, 3.63) is 18.3 Å². The van der Waals surface area contributed by atoms with E-state index in [2.05, 4.69) is 42.7 Å². The molecule has 0 bridgehead atoms. The van der Waals surface area contributed by atoms with Crippen LogP contribution in [-0.4, -0.2) is 39.7 Å². The zero-order chi connectivity index (χ0) is 19.8. The molecule has 3 heterocycles. The fourth-order valence-corrected chi connectivity index (χ4v) is 20.1. The minimum absolute atomic E-state index is 0.0902. The van der Waals surface area contributed by atoms with Gasteiger partial charge in [0.2, 0.25) is 0 Å². The van der Waals surface area contributed by atoms with Crippen LogP contribution in [0.4, 0.5) is 0 Å². The van der Waals surface area contributed by atoms with E-state index in [-0.39, 0.29) is 6.23 Å². The summed E-state index contributed by atoms with van der Waals surface area (Å²) in [4.78, 5) is 5.28. The molecule has 1 saturated heterocycles. The fourth-order valence-electron chi connectivity index (χ4n) is 4.68. The normalized spacial score (nSPS) is 18.0. The molecular formula is C23H39N3OSn. The van der Waals surface area contributed by atoms with Crippen LogP contribution in [-0.2, 0) is 4.74 Å². The first kappa shape index (κ1) is 22.1. The summed E-state index contributed by atoms with van der Waals surface area (Å²) < 4.78 is 13.9. The molecule has 28 heavy (non-hydrogen) atoms. The summed E-state index contributed by atoms with van der Waals surface area (Å²) in [7, 11) is 0. The van der Waals surface area contributed by atoms with Gasteiger partial charge in [0.25, 0.3) is 0 Å². The molecule has 1 aliphatic rings. The van der Waals surface area contributed by atoms with Crippen LogP contribution in [0.1, 0.15) is 84.8 Å². The first-order valence-electron chi connectivity index (χ1n) is 11.7. The van der Waals surface area contributed by atoms with Gasteiger partial charge in [-0.05, 0) is 0 Å². The van der Waals surface area contributed by atoms with Crippen LogP contribution in [0, 0.1) is 0 Å². The predicted molar refractivity (Wildman–Crippen MR) is 121 cm³/mol. The van der Waals surface area contributed by atoms with Crippen LogP contribution in [0.25, 0.3) is 11.0 Å². The van der Waals surface area contributed by atoms with Gasteiger partial charge in [0, 0.05) is 0 Å². The Kier molecular flexibility index (Phi) is 8.64.